The van der Waals surface area contributed by atoms with Gasteiger partial charge in [-0.05, 0) is 33.2 Å². The minimum Gasteiger partial charge on any atom is -0.351 e. The molecule has 0 bridgehead atoms. The van der Waals surface area contributed by atoms with Crippen LogP contribution in [-0.2, 0) is 18.4 Å². The second kappa shape index (κ2) is 5.52. The zero-order valence-electron chi connectivity index (χ0n) is 11.4. The second-order valence-electron chi connectivity index (χ2n) is 4.99. The topological polar surface area (TPSA) is 59.0 Å². The first kappa shape index (κ1) is 13.1. The number of carbonyl (C=O) groups excluding carboxylic acids is 1. The first-order valence-electron chi connectivity index (χ1n) is 6.59. The molecule has 1 unspecified atom stereocenters. The molecule has 2 rings (SSSR count). The zero-order valence-corrected chi connectivity index (χ0v) is 11.4. The van der Waals surface area contributed by atoms with Gasteiger partial charge in [0, 0.05) is 24.8 Å². The monoisotopic (exact) mass is 250 g/mol. The molecular weight excluding hydrogens is 228 g/mol. The van der Waals surface area contributed by atoms with E-state index in [0.717, 1.165) is 36.3 Å². The summed E-state index contributed by atoms with van der Waals surface area (Å²) < 4.78 is 1.86. The van der Waals surface area contributed by atoms with Crippen LogP contribution in [0.15, 0.2) is 0 Å². The maximum absolute atomic E-state index is 12.0. The summed E-state index contributed by atoms with van der Waals surface area (Å²) in [6.07, 6.45) is 3.25. The lowest BCUT2D eigenvalue weighted by Gasteiger charge is -2.22. The summed E-state index contributed by atoms with van der Waals surface area (Å²) >= 11 is 0. The van der Waals surface area contributed by atoms with Gasteiger partial charge in [0.25, 0.3) is 0 Å². The van der Waals surface area contributed by atoms with Crippen molar-refractivity contribution in [2.24, 2.45) is 7.05 Å². The number of nitrogens with one attached hydrogen (secondary N) is 2. The average molecular weight is 250 g/mol. The Kier molecular flexibility index (Phi) is 4.01. The van der Waals surface area contributed by atoms with Crippen molar-refractivity contribution in [2.45, 2.75) is 45.7 Å². The molecule has 1 aromatic rings. The molecule has 0 radical (unpaired) electrons. The minimum atomic E-state index is -0.0176. The van der Waals surface area contributed by atoms with Gasteiger partial charge in [-0.2, -0.15) is 5.10 Å². The van der Waals surface area contributed by atoms with Crippen LogP contribution >= 0.6 is 0 Å². The number of nitrogens with zero attached hydrogens (tertiary/aromatic N) is 2. The number of amides is 1. The van der Waals surface area contributed by atoms with Crippen molar-refractivity contribution in [2.75, 3.05) is 6.54 Å². The van der Waals surface area contributed by atoms with Crippen molar-refractivity contribution < 1.29 is 4.79 Å². The Hall–Kier alpha value is -1.36. The molecule has 1 aliphatic heterocycles. The van der Waals surface area contributed by atoms with Crippen LogP contribution in [0.25, 0.3) is 0 Å². The van der Waals surface area contributed by atoms with Gasteiger partial charge in [-0.3, -0.25) is 9.48 Å². The van der Waals surface area contributed by atoms with E-state index >= 15 is 0 Å². The van der Waals surface area contributed by atoms with Crippen LogP contribution in [0.4, 0.5) is 0 Å². The van der Waals surface area contributed by atoms with Gasteiger partial charge in [0.05, 0.1) is 11.7 Å². The predicted molar refractivity (Wildman–Crippen MR) is 70.2 cm³/mol. The molecule has 5 nitrogen and oxygen atoms in total. The molecule has 0 aromatic carbocycles. The largest absolute Gasteiger partial charge is 0.351 e. The van der Waals surface area contributed by atoms with Gasteiger partial charge in [0.2, 0.25) is 5.91 Å². The van der Waals surface area contributed by atoms with E-state index in [0.29, 0.717) is 6.54 Å². The number of carbonyl (C=O) groups is 1. The highest BCUT2D eigenvalue weighted by Crippen LogP contribution is 2.12. The molecule has 18 heavy (non-hydrogen) atoms. The normalized spacial score (nSPS) is 19.8. The Morgan fingerprint density at radius 2 is 2.28 bits per heavy atom. The van der Waals surface area contributed by atoms with Crippen LogP contribution in [0.5, 0.6) is 0 Å². The molecule has 100 valence electrons. The minimum absolute atomic E-state index is 0.0176. The Morgan fingerprint density at radius 3 is 2.83 bits per heavy atom. The first-order valence-corrected chi connectivity index (χ1v) is 6.59. The van der Waals surface area contributed by atoms with E-state index in [9.17, 15) is 4.79 Å². The molecule has 5 heteroatoms. The fourth-order valence-corrected chi connectivity index (χ4v) is 2.45. The van der Waals surface area contributed by atoms with Crippen LogP contribution in [0.2, 0.25) is 0 Å². The van der Waals surface area contributed by atoms with Gasteiger partial charge in [0.15, 0.2) is 0 Å². The fourth-order valence-electron chi connectivity index (χ4n) is 2.45. The van der Waals surface area contributed by atoms with Crippen molar-refractivity contribution in [3.8, 4) is 0 Å². The van der Waals surface area contributed by atoms with E-state index < -0.39 is 0 Å². The van der Waals surface area contributed by atoms with Gasteiger partial charge in [-0.15, -0.1) is 0 Å². The zero-order chi connectivity index (χ0) is 13.1. The smallest absolute Gasteiger partial charge is 0.237 e. The van der Waals surface area contributed by atoms with Crippen molar-refractivity contribution in [1.82, 2.24) is 20.4 Å². The molecule has 2 N–H and O–H groups in total. The average Bonchev–Trinajstić information content (AvgIpc) is 2.62. The lowest BCUT2D eigenvalue weighted by Crippen LogP contribution is -2.46. The Morgan fingerprint density at radius 1 is 1.50 bits per heavy atom. The van der Waals surface area contributed by atoms with Gasteiger partial charge in [-0.1, -0.05) is 6.42 Å². The number of aryl methyl sites for hydroxylation is 2. The van der Waals surface area contributed by atoms with E-state index in [1.54, 1.807) is 0 Å². The van der Waals surface area contributed by atoms with Gasteiger partial charge < -0.3 is 10.6 Å². The third kappa shape index (κ3) is 2.72. The summed E-state index contributed by atoms with van der Waals surface area (Å²) in [4.78, 5) is 12.0. The summed E-state index contributed by atoms with van der Waals surface area (Å²) in [5.74, 6) is 0.109. The summed E-state index contributed by atoms with van der Waals surface area (Å²) in [6, 6.07) is -0.0176. The maximum atomic E-state index is 12.0. The van der Waals surface area contributed by atoms with Crippen LogP contribution in [-0.4, -0.2) is 28.3 Å². The van der Waals surface area contributed by atoms with E-state index in [-0.39, 0.29) is 11.9 Å². The highest BCUT2D eigenvalue weighted by molar-refractivity contribution is 5.81. The molecule has 1 aliphatic rings. The number of piperidine rings is 1. The SMILES string of the molecule is Cc1nn(C)c(C)c1CNC(=O)C1CCCCN1. The van der Waals surface area contributed by atoms with Crippen molar-refractivity contribution in [3.63, 3.8) is 0 Å². The van der Waals surface area contributed by atoms with Crippen molar-refractivity contribution >= 4 is 5.91 Å². The van der Waals surface area contributed by atoms with E-state index in [4.69, 9.17) is 0 Å². The molecule has 1 atom stereocenters. The quantitative estimate of drug-likeness (QED) is 0.834. The number of aromatic nitrogens is 2. The first-order chi connectivity index (χ1) is 8.59. The summed E-state index contributed by atoms with van der Waals surface area (Å²) in [5.41, 5.74) is 3.23. The fraction of sp³-hybridized carbons (Fsp3) is 0.692. The third-order valence-corrected chi connectivity index (χ3v) is 3.73. The van der Waals surface area contributed by atoms with Crippen LogP contribution in [0.3, 0.4) is 0 Å². The van der Waals surface area contributed by atoms with Crippen molar-refractivity contribution in [3.05, 3.63) is 17.0 Å². The third-order valence-electron chi connectivity index (χ3n) is 3.73. The van der Waals surface area contributed by atoms with Crippen LogP contribution in [0.1, 0.15) is 36.2 Å². The second-order valence-corrected chi connectivity index (χ2v) is 4.99. The lowest BCUT2D eigenvalue weighted by molar-refractivity contribution is -0.123. The molecule has 1 fully saturated rings. The molecule has 1 aromatic heterocycles. The number of hydrogen-bond donors (Lipinski definition) is 2. The maximum Gasteiger partial charge on any atom is 0.237 e. The summed E-state index contributed by atoms with van der Waals surface area (Å²) in [6.45, 7) is 5.53. The van der Waals surface area contributed by atoms with E-state index in [1.807, 2.05) is 25.6 Å². The molecule has 1 amide bonds. The Bertz CT molecular complexity index is 432. The van der Waals surface area contributed by atoms with Crippen LogP contribution < -0.4 is 10.6 Å². The Labute approximate surface area is 108 Å². The molecule has 0 aliphatic carbocycles. The predicted octanol–water partition coefficient (Wildman–Crippen LogP) is 0.795. The highest BCUT2D eigenvalue weighted by atomic mass is 16.2. The molecule has 1 saturated heterocycles. The number of rotatable bonds is 3. The number of hydrogen-bond acceptors (Lipinski definition) is 3. The highest BCUT2D eigenvalue weighted by Gasteiger charge is 2.20. The van der Waals surface area contributed by atoms with Gasteiger partial charge in [-0.25, -0.2) is 0 Å². The standard InChI is InChI=1S/C13H22N4O/c1-9-11(10(2)17(3)16-9)8-15-13(18)12-6-4-5-7-14-12/h12,14H,4-8H2,1-3H3,(H,15,18). The Balaban J connectivity index is 1.92. The van der Waals surface area contributed by atoms with Crippen molar-refractivity contribution in [1.29, 1.82) is 0 Å². The van der Waals surface area contributed by atoms with Gasteiger partial charge in [0.1, 0.15) is 0 Å². The lowest BCUT2D eigenvalue weighted by atomic mass is 10.0. The molecule has 2 heterocycles. The summed E-state index contributed by atoms with van der Waals surface area (Å²) in [5, 5.41) is 10.6. The molecule has 0 spiro atoms. The molecular formula is C13H22N4O. The van der Waals surface area contributed by atoms with Gasteiger partial charge >= 0.3 is 0 Å². The van der Waals surface area contributed by atoms with Crippen LogP contribution in [0, 0.1) is 13.8 Å². The molecule has 0 saturated carbocycles. The van der Waals surface area contributed by atoms with E-state index in [1.165, 1.54) is 6.42 Å². The van der Waals surface area contributed by atoms with E-state index in [2.05, 4.69) is 15.7 Å². The summed E-state index contributed by atoms with van der Waals surface area (Å²) in [7, 11) is 1.93.